The van der Waals surface area contributed by atoms with Crippen molar-refractivity contribution in [3.8, 4) is 0 Å². The van der Waals surface area contributed by atoms with Gasteiger partial charge in [-0.25, -0.2) is 0 Å². The number of nitrogens with two attached hydrogens (primary N) is 1. The van der Waals surface area contributed by atoms with Crippen LogP contribution in [0.15, 0.2) is 0 Å². The van der Waals surface area contributed by atoms with Crippen LogP contribution in [-0.4, -0.2) is 23.3 Å². The number of hydrogen-bond acceptors (Lipinski definition) is 2. The van der Waals surface area contributed by atoms with E-state index < -0.39 is 18.2 Å². The lowest BCUT2D eigenvalue weighted by Gasteiger charge is -2.17. The number of aliphatic carboxylic acids is 1. The van der Waals surface area contributed by atoms with Crippen molar-refractivity contribution in [2.75, 3.05) is 6.67 Å². The maximum Gasteiger partial charge on any atom is 0.323 e. The SMILES string of the molecule is C[C@@](N)(CCCF)C(=O)O. The fourth-order valence-electron chi connectivity index (χ4n) is 0.541. The van der Waals surface area contributed by atoms with Gasteiger partial charge >= 0.3 is 5.97 Å². The number of hydrogen-bond donors (Lipinski definition) is 2. The third-order valence-electron chi connectivity index (χ3n) is 1.32. The minimum absolute atomic E-state index is 0.179. The van der Waals surface area contributed by atoms with Gasteiger partial charge in [-0.1, -0.05) is 0 Å². The smallest absolute Gasteiger partial charge is 0.323 e. The summed E-state index contributed by atoms with van der Waals surface area (Å²) in [5.41, 5.74) is 4.01. The molecule has 60 valence electrons. The number of carbonyl (C=O) groups is 1. The van der Waals surface area contributed by atoms with Crippen LogP contribution in [0.4, 0.5) is 4.39 Å². The largest absolute Gasteiger partial charge is 0.480 e. The average Bonchev–Trinajstić information content (AvgIpc) is 1.84. The van der Waals surface area contributed by atoms with Crippen LogP contribution in [0.5, 0.6) is 0 Å². The van der Waals surface area contributed by atoms with Gasteiger partial charge in [0, 0.05) is 0 Å². The fourth-order valence-corrected chi connectivity index (χ4v) is 0.541. The molecule has 3 nitrogen and oxygen atoms in total. The highest BCUT2D eigenvalue weighted by atomic mass is 19.1. The Morgan fingerprint density at radius 1 is 1.80 bits per heavy atom. The molecule has 3 N–H and O–H groups in total. The van der Waals surface area contributed by atoms with Crippen LogP contribution in [0.2, 0.25) is 0 Å². The molecule has 1 atom stereocenters. The summed E-state index contributed by atoms with van der Waals surface area (Å²) in [6.45, 7) is 0.866. The second-order valence-electron chi connectivity index (χ2n) is 2.52. The molecule has 0 saturated heterocycles. The van der Waals surface area contributed by atoms with E-state index in [1.165, 1.54) is 6.92 Å². The molecular formula is C6H12FNO2. The zero-order valence-corrected chi connectivity index (χ0v) is 5.93. The van der Waals surface area contributed by atoms with Crippen molar-refractivity contribution >= 4 is 5.97 Å². The van der Waals surface area contributed by atoms with Crippen molar-refractivity contribution in [2.45, 2.75) is 25.3 Å². The van der Waals surface area contributed by atoms with E-state index in [1.807, 2.05) is 0 Å². The Hall–Kier alpha value is -0.640. The zero-order valence-electron chi connectivity index (χ0n) is 5.93. The minimum Gasteiger partial charge on any atom is -0.480 e. The number of halogens is 1. The Bertz CT molecular complexity index is 125. The Balaban J connectivity index is 3.75. The Morgan fingerprint density at radius 2 is 2.30 bits per heavy atom. The number of alkyl halides is 1. The first kappa shape index (κ1) is 9.36. The maximum atomic E-state index is 11.5. The number of carboxylic acids is 1. The van der Waals surface area contributed by atoms with E-state index in [9.17, 15) is 9.18 Å². The quantitative estimate of drug-likeness (QED) is 0.613. The minimum atomic E-state index is -1.27. The normalized spacial score (nSPS) is 16.3. The van der Waals surface area contributed by atoms with Crippen LogP contribution in [0, 0.1) is 0 Å². The van der Waals surface area contributed by atoms with E-state index in [0.29, 0.717) is 0 Å². The van der Waals surface area contributed by atoms with Crippen molar-refractivity contribution in [1.82, 2.24) is 0 Å². The van der Waals surface area contributed by atoms with E-state index in [0.717, 1.165) is 0 Å². The molecule has 0 saturated carbocycles. The molecule has 0 aromatic carbocycles. The van der Waals surface area contributed by atoms with Gasteiger partial charge < -0.3 is 10.8 Å². The highest BCUT2D eigenvalue weighted by molar-refractivity contribution is 5.77. The number of rotatable bonds is 4. The molecule has 0 bridgehead atoms. The van der Waals surface area contributed by atoms with Gasteiger partial charge in [0.25, 0.3) is 0 Å². The van der Waals surface area contributed by atoms with Gasteiger partial charge in [-0.2, -0.15) is 0 Å². The summed E-state index contributed by atoms with van der Waals surface area (Å²) in [5.74, 6) is -1.08. The Labute approximate surface area is 59.0 Å². The average molecular weight is 149 g/mol. The van der Waals surface area contributed by atoms with Gasteiger partial charge in [-0.3, -0.25) is 9.18 Å². The summed E-state index contributed by atoms with van der Waals surface area (Å²) >= 11 is 0. The van der Waals surface area contributed by atoms with Crippen LogP contribution in [0.25, 0.3) is 0 Å². The third-order valence-corrected chi connectivity index (χ3v) is 1.32. The van der Waals surface area contributed by atoms with Gasteiger partial charge in [0.2, 0.25) is 0 Å². The molecule has 0 fully saturated rings. The molecule has 0 radical (unpaired) electrons. The highest BCUT2D eigenvalue weighted by Crippen LogP contribution is 2.08. The molecule has 0 aliphatic carbocycles. The van der Waals surface area contributed by atoms with E-state index in [1.54, 1.807) is 0 Å². The lowest BCUT2D eigenvalue weighted by molar-refractivity contribution is -0.142. The molecule has 0 aromatic rings. The van der Waals surface area contributed by atoms with Gasteiger partial charge in [0.1, 0.15) is 5.54 Å². The topological polar surface area (TPSA) is 63.3 Å². The predicted molar refractivity (Wildman–Crippen MR) is 35.4 cm³/mol. The molecule has 0 amide bonds. The predicted octanol–water partition coefficient (Wildman–Crippen LogP) is 0.538. The standard InChI is InChI=1S/C6H12FNO2/c1-6(8,5(9)10)3-2-4-7/h2-4,8H2,1H3,(H,9,10)/t6-/m1/s1. The highest BCUT2D eigenvalue weighted by Gasteiger charge is 2.26. The van der Waals surface area contributed by atoms with Gasteiger partial charge in [-0.05, 0) is 19.8 Å². The molecule has 0 aliphatic rings. The van der Waals surface area contributed by atoms with E-state index >= 15 is 0 Å². The summed E-state index contributed by atoms with van der Waals surface area (Å²) in [6, 6.07) is 0. The third kappa shape index (κ3) is 2.77. The molecule has 0 heterocycles. The molecule has 0 spiro atoms. The van der Waals surface area contributed by atoms with Crippen molar-refractivity contribution in [2.24, 2.45) is 5.73 Å². The molecule has 0 aromatic heterocycles. The summed E-state index contributed by atoms with van der Waals surface area (Å²) < 4.78 is 11.5. The van der Waals surface area contributed by atoms with Crippen molar-refractivity contribution in [3.63, 3.8) is 0 Å². The van der Waals surface area contributed by atoms with E-state index in [2.05, 4.69) is 0 Å². The molecule has 4 heteroatoms. The Kier molecular flexibility index (Phi) is 3.28. The van der Waals surface area contributed by atoms with Crippen LogP contribution < -0.4 is 5.73 Å². The number of carboxylic acid groups (broad SMARTS) is 1. The van der Waals surface area contributed by atoms with Crippen LogP contribution in [-0.2, 0) is 4.79 Å². The molecule has 0 rings (SSSR count). The van der Waals surface area contributed by atoms with Crippen LogP contribution in [0.3, 0.4) is 0 Å². The summed E-state index contributed by atoms with van der Waals surface area (Å²) in [5, 5.41) is 8.42. The monoisotopic (exact) mass is 149 g/mol. The lowest BCUT2D eigenvalue weighted by Crippen LogP contribution is -2.44. The van der Waals surface area contributed by atoms with E-state index in [4.69, 9.17) is 10.8 Å². The van der Waals surface area contributed by atoms with Crippen molar-refractivity contribution in [3.05, 3.63) is 0 Å². The zero-order chi connectivity index (χ0) is 8.20. The van der Waals surface area contributed by atoms with Crippen LogP contribution >= 0.6 is 0 Å². The maximum absolute atomic E-state index is 11.5. The van der Waals surface area contributed by atoms with Gasteiger partial charge in [0.05, 0.1) is 6.67 Å². The second-order valence-corrected chi connectivity index (χ2v) is 2.52. The summed E-state index contributed by atoms with van der Waals surface area (Å²) in [7, 11) is 0. The summed E-state index contributed by atoms with van der Waals surface area (Å²) in [6.07, 6.45) is 0.387. The summed E-state index contributed by atoms with van der Waals surface area (Å²) in [4.78, 5) is 10.3. The van der Waals surface area contributed by atoms with Crippen molar-refractivity contribution < 1.29 is 14.3 Å². The van der Waals surface area contributed by atoms with Gasteiger partial charge in [-0.15, -0.1) is 0 Å². The first-order valence-corrected chi connectivity index (χ1v) is 3.09. The first-order chi connectivity index (χ1) is 4.50. The molecule has 10 heavy (non-hydrogen) atoms. The lowest BCUT2D eigenvalue weighted by atomic mass is 9.98. The molecular weight excluding hydrogens is 137 g/mol. The van der Waals surface area contributed by atoms with Crippen LogP contribution in [0.1, 0.15) is 19.8 Å². The first-order valence-electron chi connectivity index (χ1n) is 3.09. The Morgan fingerprint density at radius 3 is 2.60 bits per heavy atom. The second kappa shape index (κ2) is 3.51. The van der Waals surface area contributed by atoms with E-state index in [-0.39, 0.29) is 12.8 Å². The molecule has 0 unspecified atom stereocenters. The fraction of sp³-hybridized carbons (Fsp3) is 0.833. The molecule has 0 aliphatic heterocycles. The van der Waals surface area contributed by atoms with Gasteiger partial charge in [0.15, 0.2) is 0 Å². The van der Waals surface area contributed by atoms with Crippen molar-refractivity contribution in [1.29, 1.82) is 0 Å².